The minimum absolute atomic E-state index is 0.105. The number of rotatable bonds is 5. The Morgan fingerprint density at radius 3 is 2.33 bits per heavy atom. The van der Waals surface area contributed by atoms with Gasteiger partial charge < -0.3 is 10.1 Å². The summed E-state index contributed by atoms with van der Waals surface area (Å²) < 4.78 is 43.3. The topological polar surface area (TPSA) is 92.8 Å². The van der Waals surface area contributed by atoms with Gasteiger partial charge in [-0.15, -0.1) is 0 Å². The molecule has 2 fully saturated rings. The molecule has 3 atom stereocenters. The Morgan fingerprint density at radius 1 is 1.17 bits per heavy atom. The summed E-state index contributed by atoms with van der Waals surface area (Å²) in [5.41, 5.74) is -1.04. The van der Waals surface area contributed by atoms with E-state index in [-0.39, 0.29) is 5.69 Å². The molecule has 3 amide bonds. The Labute approximate surface area is 170 Å². The third-order valence-corrected chi connectivity index (χ3v) is 5.35. The summed E-state index contributed by atoms with van der Waals surface area (Å²) in [6.07, 6.45) is -2.98. The summed E-state index contributed by atoms with van der Waals surface area (Å²) in [7, 11) is 0. The highest BCUT2D eigenvalue weighted by atomic mass is 19.4. The van der Waals surface area contributed by atoms with Gasteiger partial charge in [-0.1, -0.05) is 18.9 Å². The molecule has 1 saturated heterocycles. The van der Waals surface area contributed by atoms with E-state index in [0.717, 1.165) is 35.9 Å². The maximum absolute atomic E-state index is 12.8. The maximum atomic E-state index is 12.8. The number of amides is 3. The molecule has 7 nitrogen and oxygen atoms in total. The van der Waals surface area contributed by atoms with Gasteiger partial charge in [-0.05, 0) is 38.0 Å². The molecular weight excluding hydrogens is 405 g/mol. The lowest BCUT2D eigenvalue weighted by Gasteiger charge is -2.19. The number of fused-ring (bicyclic) bond motifs is 1. The van der Waals surface area contributed by atoms with Crippen molar-refractivity contribution in [3.05, 3.63) is 29.8 Å². The predicted molar refractivity (Wildman–Crippen MR) is 97.8 cm³/mol. The minimum Gasteiger partial charge on any atom is -0.451 e. The van der Waals surface area contributed by atoms with Crippen LogP contribution in [0.3, 0.4) is 0 Å². The van der Waals surface area contributed by atoms with Gasteiger partial charge in [0.1, 0.15) is 6.54 Å². The first kappa shape index (κ1) is 21.8. The Morgan fingerprint density at radius 2 is 1.77 bits per heavy atom. The average Bonchev–Trinajstić information content (AvgIpc) is 2.92. The standard InChI is InChI=1S/C20H21F3N2O5/c1-11(17(27)24-13-6-4-5-12(9-13)20(21,22)23)30-16(26)10-25-18(28)14-7-2-3-8-15(14)19(25)29/h4-6,9,11,14-15H,2-3,7-8,10H2,1H3,(H,24,27). The summed E-state index contributed by atoms with van der Waals surface area (Å²) in [6.45, 7) is 0.653. The molecule has 3 rings (SSSR count). The molecule has 10 heteroatoms. The Hall–Kier alpha value is -2.91. The van der Waals surface area contributed by atoms with Crippen molar-refractivity contribution in [2.24, 2.45) is 11.8 Å². The number of ether oxygens (including phenoxy) is 1. The number of hydrogen-bond acceptors (Lipinski definition) is 5. The number of anilines is 1. The summed E-state index contributed by atoms with van der Waals surface area (Å²) in [5, 5.41) is 2.25. The largest absolute Gasteiger partial charge is 0.451 e. The molecule has 2 aliphatic rings. The highest BCUT2D eigenvalue weighted by molar-refractivity contribution is 6.07. The second-order valence-corrected chi connectivity index (χ2v) is 7.46. The van der Waals surface area contributed by atoms with Crippen LogP contribution >= 0.6 is 0 Å². The van der Waals surface area contributed by atoms with Crippen molar-refractivity contribution in [3.63, 3.8) is 0 Å². The number of likely N-dealkylation sites (tertiary alicyclic amines) is 1. The van der Waals surface area contributed by atoms with E-state index in [1.54, 1.807) is 0 Å². The average molecular weight is 426 g/mol. The fraction of sp³-hybridized carbons (Fsp3) is 0.500. The van der Waals surface area contributed by atoms with Gasteiger partial charge in [-0.2, -0.15) is 13.2 Å². The van der Waals surface area contributed by atoms with Crippen molar-refractivity contribution in [2.45, 2.75) is 44.9 Å². The lowest BCUT2D eigenvalue weighted by atomic mass is 9.81. The number of benzene rings is 1. The molecule has 0 aromatic heterocycles. The highest BCUT2D eigenvalue weighted by Gasteiger charge is 2.48. The molecule has 1 saturated carbocycles. The Balaban J connectivity index is 1.56. The van der Waals surface area contributed by atoms with Crippen LogP contribution in [0.15, 0.2) is 24.3 Å². The molecule has 1 aliphatic heterocycles. The van der Waals surface area contributed by atoms with Crippen molar-refractivity contribution in [1.82, 2.24) is 4.90 Å². The number of nitrogens with zero attached hydrogens (tertiary/aromatic N) is 1. The van der Waals surface area contributed by atoms with Gasteiger partial charge >= 0.3 is 12.1 Å². The van der Waals surface area contributed by atoms with Gasteiger partial charge in [0, 0.05) is 5.69 Å². The smallest absolute Gasteiger partial charge is 0.416 e. The molecule has 3 unspecified atom stereocenters. The third kappa shape index (κ3) is 4.63. The van der Waals surface area contributed by atoms with E-state index in [9.17, 15) is 32.3 Å². The number of carbonyl (C=O) groups is 4. The molecular formula is C20H21F3N2O5. The molecule has 0 bridgehead atoms. The van der Waals surface area contributed by atoms with E-state index in [1.807, 2.05) is 0 Å². The molecule has 30 heavy (non-hydrogen) atoms. The van der Waals surface area contributed by atoms with Crippen molar-refractivity contribution >= 4 is 29.4 Å². The van der Waals surface area contributed by atoms with Crippen molar-refractivity contribution in [1.29, 1.82) is 0 Å². The van der Waals surface area contributed by atoms with Gasteiger partial charge in [0.25, 0.3) is 5.91 Å². The number of alkyl halides is 3. The SMILES string of the molecule is CC(OC(=O)CN1C(=O)C2CCCCC2C1=O)C(=O)Nc1cccc(C(F)(F)F)c1. The Kier molecular flexibility index (Phi) is 6.14. The zero-order valence-electron chi connectivity index (χ0n) is 16.2. The van der Waals surface area contributed by atoms with E-state index in [4.69, 9.17) is 4.74 Å². The zero-order valence-corrected chi connectivity index (χ0v) is 16.2. The monoisotopic (exact) mass is 426 g/mol. The van der Waals surface area contributed by atoms with Crippen molar-refractivity contribution in [2.75, 3.05) is 11.9 Å². The number of esters is 1. The van der Waals surface area contributed by atoms with Gasteiger partial charge in [0.05, 0.1) is 17.4 Å². The van der Waals surface area contributed by atoms with Crippen LogP contribution in [0.5, 0.6) is 0 Å². The molecule has 162 valence electrons. The number of halogens is 3. The van der Waals surface area contributed by atoms with Crippen LogP contribution in [-0.4, -0.2) is 41.2 Å². The fourth-order valence-electron chi connectivity index (χ4n) is 3.82. The molecule has 0 spiro atoms. The van der Waals surface area contributed by atoms with E-state index in [0.29, 0.717) is 12.8 Å². The summed E-state index contributed by atoms with van der Waals surface area (Å²) in [6, 6.07) is 4.03. The molecule has 1 aromatic rings. The second kappa shape index (κ2) is 8.45. The Bertz CT molecular complexity index is 846. The molecule has 1 heterocycles. The predicted octanol–water partition coefficient (Wildman–Crippen LogP) is 2.75. The van der Waals surface area contributed by atoms with Crippen LogP contribution in [-0.2, 0) is 30.1 Å². The maximum Gasteiger partial charge on any atom is 0.416 e. The number of carbonyl (C=O) groups excluding carboxylic acids is 4. The van der Waals surface area contributed by atoms with Gasteiger partial charge in [0.2, 0.25) is 11.8 Å². The quantitative estimate of drug-likeness (QED) is 0.577. The van der Waals surface area contributed by atoms with E-state index in [2.05, 4.69) is 5.32 Å². The first-order chi connectivity index (χ1) is 14.1. The first-order valence-corrected chi connectivity index (χ1v) is 9.60. The summed E-state index contributed by atoms with van der Waals surface area (Å²) in [5.74, 6) is -3.38. The zero-order chi connectivity index (χ0) is 22.1. The summed E-state index contributed by atoms with van der Waals surface area (Å²) >= 11 is 0. The normalized spacial score (nSPS) is 22.5. The van der Waals surface area contributed by atoms with Gasteiger partial charge in [0.15, 0.2) is 6.10 Å². The minimum atomic E-state index is -4.56. The van der Waals surface area contributed by atoms with E-state index >= 15 is 0 Å². The lowest BCUT2D eigenvalue weighted by molar-refractivity contribution is -0.158. The van der Waals surface area contributed by atoms with Gasteiger partial charge in [-0.25, -0.2) is 0 Å². The number of nitrogens with one attached hydrogen (secondary N) is 1. The molecule has 0 radical (unpaired) electrons. The first-order valence-electron chi connectivity index (χ1n) is 9.60. The van der Waals surface area contributed by atoms with Gasteiger partial charge in [-0.3, -0.25) is 24.1 Å². The van der Waals surface area contributed by atoms with Crippen molar-refractivity contribution < 1.29 is 37.1 Å². The number of hydrogen-bond donors (Lipinski definition) is 1. The van der Waals surface area contributed by atoms with Crippen LogP contribution in [0, 0.1) is 11.8 Å². The molecule has 1 aliphatic carbocycles. The number of imide groups is 1. The third-order valence-electron chi connectivity index (χ3n) is 5.35. The van der Waals surface area contributed by atoms with E-state index in [1.165, 1.54) is 13.0 Å². The second-order valence-electron chi connectivity index (χ2n) is 7.46. The molecule has 1 aromatic carbocycles. The fourth-order valence-corrected chi connectivity index (χ4v) is 3.82. The van der Waals surface area contributed by atoms with Crippen LogP contribution in [0.4, 0.5) is 18.9 Å². The molecule has 1 N–H and O–H groups in total. The van der Waals surface area contributed by atoms with Crippen LogP contribution < -0.4 is 5.32 Å². The summed E-state index contributed by atoms with van der Waals surface area (Å²) in [4.78, 5) is 50.0. The lowest BCUT2D eigenvalue weighted by Crippen LogP contribution is -2.39. The highest BCUT2D eigenvalue weighted by Crippen LogP contribution is 2.38. The van der Waals surface area contributed by atoms with Crippen molar-refractivity contribution in [3.8, 4) is 0 Å². The van der Waals surface area contributed by atoms with Crippen LogP contribution in [0.2, 0.25) is 0 Å². The van der Waals surface area contributed by atoms with Crippen LogP contribution in [0.25, 0.3) is 0 Å². The van der Waals surface area contributed by atoms with Crippen LogP contribution in [0.1, 0.15) is 38.2 Å². The van der Waals surface area contributed by atoms with E-state index < -0.39 is 59.9 Å².